The van der Waals surface area contributed by atoms with Gasteiger partial charge in [0.15, 0.2) is 11.8 Å². The lowest BCUT2D eigenvalue weighted by molar-refractivity contribution is 0.391. The standard InChI is InChI=1S/C19H26ClFN6.HI/c1-12(2)18-25-17-8-7-13(11-27(17)26-18)24-19(22-3)23-10-9-14-15(20)5-4-6-16(14)21;/h4-6,12-13H,7-11H2,1-3H3,(H2,22,23,24);1H. The molecule has 1 aromatic heterocycles. The van der Waals surface area contributed by atoms with Gasteiger partial charge in [-0.1, -0.05) is 31.5 Å². The van der Waals surface area contributed by atoms with Crippen LogP contribution < -0.4 is 10.6 Å². The van der Waals surface area contributed by atoms with E-state index >= 15 is 0 Å². The zero-order chi connectivity index (χ0) is 19.4. The maximum atomic E-state index is 13.9. The molecule has 0 radical (unpaired) electrons. The Kier molecular flexibility index (Phi) is 8.48. The molecule has 0 fully saturated rings. The van der Waals surface area contributed by atoms with Gasteiger partial charge in [-0.3, -0.25) is 4.99 Å². The van der Waals surface area contributed by atoms with E-state index < -0.39 is 0 Å². The molecule has 0 amide bonds. The van der Waals surface area contributed by atoms with Crippen molar-refractivity contribution in [2.24, 2.45) is 4.99 Å². The highest BCUT2D eigenvalue weighted by Gasteiger charge is 2.23. The van der Waals surface area contributed by atoms with Crippen molar-refractivity contribution in [3.05, 3.63) is 46.3 Å². The molecule has 0 bridgehead atoms. The number of halogens is 3. The van der Waals surface area contributed by atoms with E-state index in [1.807, 2.05) is 4.68 Å². The fourth-order valence-electron chi connectivity index (χ4n) is 3.16. The summed E-state index contributed by atoms with van der Waals surface area (Å²) in [5, 5.41) is 11.7. The molecule has 1 aromatic carbocycles. The molecule has 1 aliphatic rings. The highest BCUT2D eigenvalue weighted by atomic mass is 127. The van der Waals surface area contributed by atoms with Gasteiger partial charge in [-0.2, -0.15) is 5.10 Å². The summed E-state index contributed by atoms with van der Waals surface area (Å²) >= 11 is 6.08. The van der Waals surface area contributed by atoms with Gasteiger partial charge in [0, 0.05) is 42.6 Å². The van der Waals surface area contributed by atoms with Crippen LogP contribution in [0.25, 0.3) is 0 Å². The van der Waals surface area contributed by atoms with Gasteiger partial charge in [0.05, 0.1) is 6.54 Å². The fourth-order valence-corrected chi connectivity index (χ4v) is 3.41. The topological polar surface area (TPSA) is 67.1 Å². The van der Waals surface area contributed by atoms with Gasteiger partial charge in [0.25, 0.3) is 0 Å². The summed E-state index contributed by atoms with van der Waals surface area (Å²) < 4.78 is 15.8. The van der Waals surface area contributed by atoms with E-state index in [9.17, 15) is 4.39 Å². The Morgan fingerprint density at radius 3 is 2.89 bits per heavy atom. The molecule has 2 N–H and O–H groups in total. The summed E-state index contributed by atoms with van der Waals surface area (Å²) in [4.78, 5) is 8.88. The maximum Gasteiger partial charge on any atom is 0.191 e. The predicted molar refractivity (Wildman–Crippen MR) is 121 cm³/mol. The molecule has 3 rings (SSSR count). The van der Waals surface area contributed by atoms with Crippen molar-refractivity contribution in [3.8, 4) is 0 Å². The molecule has 1 unspecified atom stereocenters. The second-order valence-corrected chi connectivity index (χ2v) is 7.46. The van der Waals surface area contributed by atoms with E-state index in [1.165, 1.54) is 6.07 Å². The molecule has 2 heterocycles. The highest BCUT2D eigenvalue weighted by Crippen LogP contribution is 2.19. The van der Waals surface area contributed by atoms with Crippen LogP contribution in [0.1, 0.15) is 43.4 Å². The summed E-state index contributed by atoms with van der Waals surface area (Å²) in [5.41, 5.74) is 0.522. The number of hydrogen-bond donors (Lipinski definition) is 2. The smallest absolute Gasteiger partial charge is 0.191 e. The lowest BCUT2D eigenvalue weighted by Crippen LogP contribution is -2.47. The Morgan fingerprint density at radius 1 is 1.43 bits per heavy atom. The number of aromatic nitrogens is 3. The summed E-state index contributed by atoms with van der Waals surface area (Å²) in [5.74, 6) is 2.69. The third kappa shape index (κ3) is 5.56. The van der Waals surface area contributed by atoms with E-state index in [0.717, 1.165) is 31.0 Å². The summed E-state index contributed by atoms with van der Waals surface area (Å²) in [6.07, 6.45) is 2.34. The second-order valence-electron chi connectivity index (χ2n) is 7.05. The number of fused-ring (bicyclic) bond motifs is 1. The highest BCUT2D eigenvalue weighted by molar-refractivity contribution is 14.0. The van der Waals surface area contributed by atoms with E-state index in [4.69, 9.17) is 11.6 Å². The average Bonchev–Trinajstić information content (AvgIpc) is 3.07. The van der Waals surface area contributed by atoms with E-state index in [0.29, 0.717) is 35.4 Å². The number of aliphatic imine (C=N–C) groups is 1. The van der Waals surface area contributed by atoms with Gasteiger partial charge in [0.1, 0.15) is 11.6 Å². The van der Waals surface area contributed by atoms with Crippen molar-refractivity contribution in [2.75, 3.05) is 13.6 Å². The molecule has 154 valence electrons. The number of aryl methyl sites for hydroxylation is 1. The number of hydrogen-bond acceptors (Lipinski definition) is 3. The molecule has 28 heavy (non-hydrogen) atoms. The largest absolute Gasteiger partial charge is 0.356 e. The van der Waals surface area contributed by atoms with Crippen molar-refractivity contribution >= 4 is 41.5 Å². The van der Waals surface area contributed by atoms with E-state index in [2.05, 4.69) is 39.6 Å². The van der Waals surface area contributed by atoms with Crippen LogP contribution in [0.3, 0.4) is 0 Å². The van der Waals surface area contributed by atoms with Crippen molar-refractivity contribution in [3.63, 3.8) is 0 Å². The Bertz CT molecular complexity index is 803. The predicted octanol–water partition coefficient (Wildman–Crippen LogP) is 3.53. The van der Waals surface area contributed by atoms with Crippen LogP contribution in [-0.2, 0) is 19.4 Å². The lowest BCUT2D eigenvalue weighted by Gasteiger charge is -2.25. The normalized spacial score (nSPS) is 16.5. The van der Waals surface area contributed by atoms with Crippen LogP contribution >= 0.6 is 35.6 Å². The van der Waals surface area contributed by atoms with Crippen LogP contribution in [-0.4, -0.2) is 40.4 Å². The molecule has 9 heteroatoms. The van der Waals surface area contributed by atoms with Gasteiger partial charge < -0.3 is 10.6 Å². The minimum absolute atomic E-state index is 0. The molecule has 0 aliphatic carbocycles. The first-order valence-corrected chi connectivity index (χ1v) is 9.69. The number of nitrogens with zero attached hydrogens (tertiary/aromatic N) is 4. The zero-order valence-corrected chi connectivity index (χ0v) is 19.5. The average molecular weight is 521 g/mol. The number of rotatable bonds is 5. The third-order valence-corrected chi connectivity index (χ3v) is 5.04. The second kappa shape index (κ2) is 10.4. The van der Waals surface area contributed by atoms with Crippen LogP contribution in [0.5, 0.6) is 0 Å². The minimum atomic E-state index is -0.279. The summed E-state index contributed by atoms with van der Waals surface area (Å²) in [7, 11) is 1.73. The van der Waals surface area contributed by atoms with Crippen molar-refractivity contribution < 1.29 is 4.39 Å². The van der Waals surface area contributed by atoms with Crippen molar-refractivity contribution in [1.29, 1.82) is 0 Å². The van der Waals surface area contributed by atoms with Crippen LogP contribution in [0.15, 0.2) is 23.2 Å². The summed E-state index contributed by atoms with van der Waals surface area (Å²) in [6, 6.07) is 4.97. The molecule has 1 aliphatic heterocycles. The molecule has 6 nitrogen and oxygen atoms in total. The van der Waals surface area contributed by atoms with Gasteiger partial charge in [0.2, 0.25) is 0 Å². The Labute approximate surface area is 187 Å². The first-order valence-electron chi connectivity index (χ1n) is 9.31. The number of benzene rings is 1. The monoisotopic (exact) mass is 520 g/mol. The van der Waals surface area contributed by atoms with E-state index in [1.54, 1.807) is 19.2 Å². The lowest BCUT2D eigenvalue weighted by atomic mass is 10.1. The molecule has 1 atom stereocenters. The SMILES string of the molecule is CN=C(NCCc1c(F)cccc1Cl)NC1CCc2nc(C(C)C)nn2C1.I. The molecule has 2 aromatic rings. The third-order valence-electron chi connectivity index (χ3n) is 4.68. The summed E-state index contributed by atoms with van der Waals surface area (Å²) in [6.45, 7) is 5.50. The minimum Gasteiger partial charge on any atom is -0.356 e. The zero-order valence-electron chi connectivity index (χ0n) is 16.4. The first-order chi connectivity index (χ1) is 13.0. The van der Waals surface area contributed by atoms with Crippen LogP contribution in [0.4, 0.5) is 4.39 Å². The Hall–Kier alpha value is -1.42. The number of nitrogens with one attached hydrogen (secondary N) is 2. The van der Waals surface area contributed by atoms with Crippen LogP contribution in [0, 0.1) is 5.82 Å². The maximum absolute atomic E-state index is 13.9. The van der Waals surface area contributed by atoms with Crippen molar-refractivity contribution in [2.45, 2.75) is 51.6 Å². The van der Waals surface area contributed by atoms with E-state index in [-0.39, 0.29) is 35.8 Å². The molecule has 0 saturated carbocycles. The number of guanidine groups is 1. The van der Waals surface area contributed by atoms with Gasteiger partial charge in [-0.05, 0) is 25.0 Å². The van der Waals surface area contributed by atoms with Crippen LogP contribution in [0.2, 0.25) is 5.02 Å². The molecule has 0 saturated heterocycles. The van der Waals surface area contributed by atoms with Gasteiger partial charge in [-0.25, -0.2) is 14.1 Å². The van der Waals surface area contributed by atoms with Gasteiger partial charge in [-0.15, -0.1) is 24.0 Å². The molecular weight excluding hydrogens is 494 g/mol. The quantitative estimate of drug-likeness (QED) is 0.360. The Balaban J connectivity index is 0.00000280. The fraction of sp³-hybridized carbons (Fsp3) is 0.526. The molecule has 0 spiro atoms. The Morgan fingerprint density at radius 2 is 2.21 bits per heavy atom. The first kappa shape index (κ1) is 22.9. The molecular formula is C19H27ClFIN6. The van der Waals surface area contributed by atoms with Gasteiger partial charge >= 0.3 is 0 Å². The van der Waals surface area contributed by atoms with Crippen molar-refractivity contribution in [1.82, 2.24) is 25.4 Å².